The highest BCUT2D eigenvalue weighted by molar-refractivity contribution is 14.1. The first kappa shape index (κ1) is 9.66. The van der Waals surface area contributed by atoms with E-state index in [0.29, 0.717) is 10.4 Å². The van der Waals surface area contributed by atoms with Crippen molar-refractivity contribution in [2.75, 3.05) is 5.73 Å². The normalized spacial score (nSPS) is 10.6. The van der Waals surface area contributed by atoms with Crippen LogP contribution in [0.25, 0.3) is 10.1 Å². The summed E-state index contributed by atoms with van der Waals surface area (Å²) in [7, 11) is 0. The fraction of sp³-hybridized carbons (Fsp3) is 0. The monoisotopic (exact) mass is 320 g/mol. The van der Waals surface area contributed by atoms with Crippen LogP contribution in [-0.4, -0.2) is 4.92 Å². The minimum atomic E-state index is -0.375. The number of non-ortho nitro benzene ring substituents is 1. The predicted molar refractivity (Wildman–Crippen MR) is 65.6 cm³/mol. The van der Waals surface area contributed by atoms with Gasteiger partial charge >= 0.3 is 0 Å². The number of nitro benzene ring substituents is 1. The number of thiophene rings is 1. The van der Waals surface area contributed by atoms with Crippen LogP contribution in [-0.2, 0) is 0 Å². The van der Waals surface area contributed by atoms with E-state index in [1.165, 1.54) is 17.4 Å². The summed E-state index contributed by atoms with van der Waals surface area (Å²) in [6, 6.07) is 3.32. The van der Waals surface area contributed by atoms with Gasteiger partial charge in [-0.1, -0.05) is 0 Å². The lowest BCUT2D eigenvalue weighted by molar-refractivity contribution is -0.382. The fourth-order valence-corrected chi connectivity index (χ4v) is 2.73. The molecule has 2 rings (SSSR count). The first-order valence-corrected chi connectivity index (χ1v) is 5.66. The zero-order chi connectivity index (χ0) is 10.3. The molecular formula is C8H5IN2O2S. The van der Waals surface area contributed by atoms with E-state index < -0.39 is 0 Å². The van der Waals surface area contributed by atoms with Gasteiger partial charge in [-0.2, -0.15) is 0 Å². The first-order valence-electron chi connectivity index (χ1n) is 3.71. The van der Waals surface area contributed by atoms with E-state index in [0.717, 1.165) is 8.96 Å². The molecule has 0 atom stereocenters. The molecule has 0 saturated carbocycles. The van der Waals surface area contributed by atoms with E-state index in [1.807, 2.05) is 34.0 Å². The number of hydrogen-bond acceptors (Lipinski definition) is 4. The lowest BCUT2D eigenvalue weighted by Crippen LogP contribution is -1.94. The summed E-state index contributed by atoms with van der Waals surface area (Å²) in [5.41, 5.74) is 6.56. The summed E-state index contributed by atoms with van der Waals surface area (Å²) < 4.78 is 1.37. The van der Waals surface area contributed by atoms with E-state index in [4.69, 9.17) is 5.73 Å². The van der Waals surface area contributed by atoms with E-state index in [9.17, 15) is 10.1 Å². The Morgan fingerprint density at radius 1 is 1.57 bits per heavy atom. The molecule has 6 heteroatoms. The van der Waals surface area contributed by atoms with Crippen molar-refractivity contribution in [3.05, 3.63) is 31.2 Å². The standard InChI is InChI=1S/C8H5IN2O2S/c9-5-3-6(11(12)13)8-4(7(5)10)1-2-14-8/h1-3H,10H2. The molecular weight excluding hydrogens is 315 g/mol. The second-order valence-electron chi connectivity index (χ2n) is 2.71. The van der Waals surface area contributed by atoms with Gasteiger partial charge in [-0.3, -0.25) is 10.1 Å². The molecule has 0 unspecified atom stereocenters. The van der Waals surface area contributed by atoms with Crippen LogP contribution in [0.5, 0.6) is 0 Å². The number of nitro groups is 1. The molecule has 1 heterocycles. The first-order chi connectivity index (χ1) is 6.61. The van der Waals surface area contributed by atoms with E-state index in [1.54, 1.807) is 0 Å². The third-order valence-corrected chi connectivity index (χ3v) is 3.73. The molecule has 14 heavy (non-hydrogen) atoms. The second kappa shape index (κ2) is 3.35. The maximum atomic E-state index is 10.7. The number of anilines is 1. The Balaban J connectivity index is 2.91. The van der Waals surface area contributed by atoms with Gasteiger partial charge in [0.25, 0.3) is 5.69 Å². The molecule has 0 radical (unpaired) electrons. The topological polar surface area (TPSA) is 69.2 Å². The van der Waals surface area contributed by atoms with E-state index in [-0.39, 0.29) is 10.6 Å². The SMILES string of the molecule is Nc1c(I)cc([N+](=O)[O-])c2sccc12. The van der Waals surface area contributed by atoms with Crippen molar-refractivity contribution in [2.45, 2.75) is 0 Å². The van der Waals surface area contributed by atoms with Gasteiger partial charge in [0, 0.05) is 15.0 Å². The third-order valence-electron chi connectivity index (χ3n) is 1.91. The molecule has 2 aromatic rings. The summed E-state index contributed by atoms with van der Waals surface area (Å²) in [6.45, 7) is 0. The van der Waals surface area contributed by atoms with E-state index >= 15 is 0 Å². The molecule has 1 aromatic heterocycles. The van der Waals surface area contributed by atoms with Crippen LogP contribution in [0.1, 0.15) is 0 Å². The van der Waals surface area contributed by atoms with Crippen molar-refractivity contribution in [2.24, 2.45) is 0 Å². The number of nitrogens with zero attached hydrogens (tertiary/aromatic N) is 1. The molecule has 72 valence electrons. The summed E-state index contributed by atoms with van der Waals surface area (Å²) in [5, 5.41) is 13.3. The number of hydrogen-bond donors (Lipinski definition) is 1. The van der Waals surface area contributed by atoms with Crippen molar-refractivity contribution in [3.63, 3.8) is 0 Å². The van der Waals surface area contributed by atoms with Crippen LogP contribution in [0.15, 0.2) is 17.5 Å². The van der Waals surface area contributed by atoms with Gasteiger partial charge in [-0.25, -0.2) is 0 Å². The highest BCUT2D eigenvalue weighted by Crippen LogP contribution is 2.37. The Hall–Kier alpha value is -0.890. The number of nitrogens with two attached hydrogens (primary N) is 1. The van der Waals surface area contributed by atoms with Gasteiger partial charge < -0.3 is 5.73 Å². The number of halogens is 1. The van der Waals surface area contributed by atoms with Gasteiger partial charge in [-0.05, 0) is 34.0 Å². The van der Waals surface area contributed by atoms with Gasteiger partial charge in [0.1, 0.15) is 4.70 Å². The molecule has 0 aliphatic heterocycles. The van der Waals surface area contributed by atoms with Crippen molar-refractivity contribution in [3.8, 4) is 0 Å². The summed E-state index contributed by atoms with van der Waals surface area (Å²) >= 11 is 3.34. The molecule has 0 fully saturated rings. The summed E-state index contributed by atoms with van der Waals surface area (Å²) in [5.74, 6) is 0. The maximum absolute atomic E-state index is 10.7. The molecule has 0 spiro atoms. The Morgan fingerprint density at radius 2 is 2.29 bits per heavy atom. The smallest absolute Gasteiger partial charge is 0.288 e. The zero-order valence-electron chi connectivity index (χ0n) is 6.86. The maximum Gasteiger partial charge on any atom is 0.288 e. The van der Waals surface area contributed by atoms with Gasteiger partial charge in [0.05, 0.1) is 10.6 Å². The quantitative estimate of drug-likeness (QED) is 0.380. The largest absolute Gasteiger partial charge is 0.397 e. The molecule has 0 saturated heterocycles. The lowest BCUT2D eigenvalue weighted by Gasteiger charge is -2.00. The van der Waals surface area contributed by atoms with Gasteiger partial charge in [0.2, 0.25) is 0 Å². The summed E-state index contributed by atoms with van der Waals surface area (Å²) in [6.07, 6.45) is 0. The number of benzene rings is 1. The van der Waals surface area contributed by atoms with Crippen LogP contribution in [0.4, 0.5) is 11.4 Å². The average Bonchev–Trinajstić information content (AvgIpc) is 2.59. The van der Waals surface area contributed by atoms with Gasteiger partial charge in [-0.15, -0.1) is 11.3 Å². The molecule has 0 amide bonds. The molecule has 0 bridgehead atoms. The van der Waals surface area contributed by atoms with Gasteiger partial charge in [0.15, 0.2) is 0 Å². The van der Waals surface area contributed by atoms with Crippen LogP contribution in [0, 0.1) is 13.7 Å². The number of nitrogen functional groups attached to an aromatic ring is 1. The fourth-order valence-electron chi connectivity index (χ4n) is 1.25. The Bertz CT molecular complexity index is 523. The Morgan fingerprint density at radius 3 is 2.93 bits per heavy atom. The molecule has 2 N–H and O–H groups in total. The molecule has 1 aromatic carbocycles. The minimum absolute atomic E-state index is 0.133. The van der Waals surface area contributed by atoms with Crippen LogP contribution >= 0.6 is 33.9 Å². The number of fused-ring (bicyclic) bond motifs is 1. The Labute approximate surface area is 97.0 Å². The predicted octanol–water partition coefficient (Wildman–Crippen LogP) is 3.00. The van der Waals surface area contributed by atoms with Crippen LogP contribution < -0.4 is 5.73 Å². The molecule has 4 nitrogen and oxygen atoms in total. The lowest BCUT2D eigenvalue weighted by atomic mass is 10.2. The van der Waals surface area contributed by atoms with Crippen molar-refractivity contribution in [1.29, 1.82) is 0 Å². The highest BCUT2D eigenvalue weighted by atomic mass is 127. The molecule has 0 aliphatic rings. The second-order valence-corrected chi connectivity index (χ2v) is 4.79. The van der Waals surface area contributed by atoms with Crippen molar-refractivity contribution in [1.82, 2.24) is 0 Å². The Kier molecular flexibility index (Phi) is 2.31. The van der Waals surface area contributed by atoms with Crippen molar-refractivity contribution < 1.29 is 4.92 Å². The average molecular weight is 320 g/mol. The molecule has 0 aliphatic carbocycles. The summed E-state index contributed by atoms with van der Waals surface area (Å²) in [4.78, 5) is 10.4. The van der Waals surface area contributed by atoms with Crippen molar-refractivity contribution >= 4 is 55.4 Å². The zero-order valence-corrected chi connectivity index (χ0v) is 9.83. The minimum Gasteiger partial charge on any atom is -0.397 e. The van der Waals surface area contributed by atoms with Crippen LogP contribution in [0.3, 0.4) is 0 Å². The number of rotatable bonds is 1. The van der Waals surface area contributed by atoms with Crippen LogP contribution in [0.2, 0.25) is 0 Å². The third kappa shape index (κ3) is 1.34. The highest BCUT2D eigenvalue weighted by Gasteiger charge is 2.17. The van der Waals surface area contributed by atoms with E-state index in [2.05, 4.69) is 0 Å².